The van der Waals surface area contributed by atoms with Gasteiger partial charge < -0.3 is 23.9 Å². The largest absolute Gasteiger partial charge is 0.496 e. The van der Waals surface area contributed by atoms with Crippen LogP contribution < -0.4 is 14.9 Å². The standard InChI is InChI=1S/C33H28BrNO6/c1-33(2)32(40-26(36)14-11-18-9-12-21(34)13-10-18)31(38)28-25(41-33)17-24(39-4)27-29(28)35(3)23-16-20-8-6-5-7-19(20)15-22(23)30(27)37/h5-17,31-32,38H,1-4H3/b14-11+. The Morgan fingerprint density at radius 3 is 2.44 bits per heavy atom. The van der Waals surface area contributed by atoms with Gasteiger partial charge in [-0.15, -0.1) is 0 Å². The second-order valence-corrected chi connectivity index (χ2v) is 11.6. The van der Waals surface area contributed by atoms with E-state index in [2.05, 4.69) is 15.9 Å². The SMILES string of the molecule is COc1cc2c(c3c1c(=O)c1cc4ccccc4cc1n3C)C(O)C(OC(=O)/C=C/c1ccc(Br)cc1)C(C)(C)O2. The number of methoxy groups -OCH3 is 1. The van der Waals surface area contributed by atoms with Crippen molar-refractivity contribution in [3.63, 3.8) is 0 Å². The third-order valence-corrected chi connectivity index (χ3v) is 8.21. The molecule has 0 saturated carbocycles. The summed E-state index contributed by atoms with van der Waals surface area (Å²) in [5, 5.41) is 14.6. The molecule has 0 saturated heterocycles. The molecule has 1 N–H and O–H groups in total. The number of halogens is 1. The molecule has 41 heavy (non-hydrogen) atoms. The Bertz CT molecular complexity index is 1940. The fourth-order valence-electron chi connectivity index (χ4n) is 5.66. The summed E-state index contributed by atoms with van der Waals surface area (Å²) in [6, 6.07) is 20.8. The van der Waals surface area contributed by atoms with Crippen LogP contribution >= 0.6 is 15.9 Å². The highest BCUT2D eigenvalue weighted by Gasteiger charge is 2.47. The van der Waals surface area contributed by atoms with Crippen LogP contribution in [0.15, 0.2) is 82.1 Å². The molecule has 5 aromatic rings. The van der Waals surface area contributed by atoms with E-state index in [1.807, 2.05) is 72.3 Å². The Balaban J connectivity index is 1.50. The Hall–Kier alpha value is -4.14. The molecule has 4 aromatic carbocycles. The second-order valence-electron chi connectivity index (χ2n) is 10.7. The van der Waals surface area contributed by atoms with Crippen molar-refractivity contribution in [2.24, 2.45) is 7.05 Å². The number of carbonyl (C=O) groups excluding carboxylic acids is 1. The zero-order valence-corrected chi connectivity index (χ0v) is 24.6. The molecule has 2 atom stereocenters. The van der Waals surface area contributed by atoms with Crippen molar-refractivity contribution < 1.29 is 24.1 Å². The fourth-order valence-corrected chi connectivity index (χ4v) is 5.93. The molecule has 208 valence electrons. The van der Waals surface area contributed by atoms with Gasteiger partial charge in [-0.25, -0.2) is 4.79 Å². The summed E-state index contributed by atoms with van der Waals surface area (Å²) in [4.78, 5) is 26.9. The number of carbonyl (C=O) groups is 1. The minimum atomic E-state index is -1.28. The molecule has 2 unspecified atom stereocenters. The van der Waals surface area contributed by atoms with Crippen LogP contribution in [0.5, 0.6) is 11.5 Å². The van der Waals surface area contributed by atoms with Crippen molar-refractivity contribution in [1.82, 2.24) is 4.57 Å². The lowest BCUT2D eigenvalue weighted by Gasteiger charge is -2.42. The predicted molar refractivity (Wildman–Crippen MR) is 163 cm³/mol. The number of hydrogen-bond donors (Lipinski definition) is 1. The van der Waals surface area contributed by atoms with Crippen molar-refractivity contribution in [3.05, 3.63) is 98.6 Å². The fraction of sp³-hybridized carbons (Fsp3) is 0.212. The first-order chi connectivity index (χ1) is 19.6. The Morgan fingerprint density at radius 1 is 1.07 bits per heavy atom. The van der Waals surface area contributed by atoms with Crippen molar-refractivity contribution >= 4 is 60.6 Å². The van der Waals surface area contributed by atoms with E-state index in [4.69, 9.17) is 14.2 Å². The first-order valence-electron chi connectivity index (χ1n) is 13.2. The van der Waals surface area contributed by atoms with Crippen LogP contribution in [0.2, 0.25) is 0 Å². The number of aromatic nitrogens is 1. The molecular weight excluding hydrogens is 586 g/mol. The van der Waals surface area contributed by atoms with Gasteiger partial charge in [-0.3, -0.25) is 4.79 Å². The highest BCUT2D eigenvalue weighted by atomic mass is 79.9. The number of rotatable bonds is 4. The van der Waals surface area contributed by atoms with Gasteiger partial charge in [-0.05, 0) is 60.5 Å². The topological polar surface area (TPSA) is 87.0 Å². The predicted octanol–water partition coefficient (Wildman–Crippen LogP) is 6.45. The maximum atomic E-state index is 14.0. The lowest BCUT2D eigenvalue weighted by Crippen LogP contribution is -2.51. The molecule has 7 nitrogen and oxygen atoms in total. The minimum absolute atomic E-state index is 0.221. The molecule has 0 fully saturated rings. The maximum Gasteiger partial charge on any atom is 0.331 e. The van der Waals surface area contributed by atoms with Gasteiger partial charge in [0.15, 0.2) is 6.10 Å². The zero-order valence-electron chi connectivity index (χ0n) is 23.0. The summed E-state index contributed by atoms with van der Waals surface area (Å²) in [5.74, 6) is 0.0747. The van der Waals surface area contributed by atoms with Gasteiger partial charge >= 0.3 is 5.97 Å². The van der Waals surface area contributed by atoms with E-state index in [-0.39, 0.29) is 5.43 Å². The summed E-state index contributed by atoms with van der Waals surface area (Å²) in [5.41, 5.74) is 1.04. The number of ether oxygens (including phenoxy) is 3. The van der Waals surface area contributed by atoms with Gasteiger partial charge in [-0.2, -0.15) is 0 Å². The minimum Gasteiger partial charge on any atom is -0.496 e. The number of nitrogens with zero attached hydrogens (tertiary/aromatic N) is 1. The summed E-state index contributed by atoms with van der Waals surface area (Å²) in [7, 11) is 3.34. The Labute approximate surface area is 244 Å². The normalized spacial score (nSPS) is 18.0. The molecule has 0 aliphatic carbocycles. The number of esters is 1. The van der Waals surface area contributed by atoms with E-state index in [1.165, 1.54) is 13.2 Å². The van der Waals surface area contributed by atoms with Crippen LogP contribution in [0.1, 0.15) is 31.1 Å². The molecular formula is C33H28BrNO6. The number of fused-ring (bicyclic) bond motifs is 5. The van der Waals surface area contributed by atoms with E-state index in [0.717, 1.165) is 20.8 Å². The zero-order chi connectivity index (χ0) is 29.1. The number of aliphatic hydroxyl groups is 1. The molecule has 0 bridgehead atoms. The Kier molecular flexibility index (Phi) is 6.63. The summed E-state index contributed by atoms with van der Waals surface area (Å²) >= 11 is 3.40. The summed E-state index contributed by atoms with van der Waals surface area (Å²) in [6.45, 7) is 3.50. The highest BCUT2D eigenvalue weighted by molar-refractivity contribution is 9.10. The van der Waals surface area contributed by atoms with E-state index in [9.17, 15) is 14.7 Å². The van der Waals surface area contributed by atoms with Crippen LogP contribution in [0.3, 0.4) is 0 Å². The molecule has 1 aliphatic heterocycles. The molecule has 0 radical (unpaired) electrons. The average molecular weight is 614 g/mol. The van der Waals surface area contributed by atoms with E-state index in [1.54, 1.807) is 26.0 Å². The third kappa shape index (κ3) is 4.57. The quantitative estimate of drug-likeness (QED) is 0.142. The molecule has 0 amide bonds. The van der Waals surface area contributed by atoms with Crippen LogP contribution in [-0.2, 0) is 16.6 Å². The van der Waals surface area contributed by atoms with Gasteiger partial charge in [-0.1, -0.05) is 52.3 Å². The first kappa shape index (κ1) is 27.1. The van der Waals surface area contributed by atoms with Crippen LogP contribution in [0, 0.1) is 0 Å². The lowest BCUT2D eigenvalue weighted by atomic mass is 9.86. The van der Waals surface area contributed by atoms with Gasteiger partial charge in [0, 0.05) is 29.0 Å². The Morgan fingerprint density at radius 2 is 1.76 bits per heavy atom. The molecule has 0 spiro atoms. The summed E-state index contributed by atoms with van der Waals surface area (Å²) in [6.07, 6.45) is 0.626. The van der Waals surface area contributed by atoms with Crippen molar-refractivity contribution in [1.29, 1.82) is 0 Å². The first-order valence-corrected chi connectivity index (χ1v) is 14.0. The number of aryl methyl sites for hydroxylation is 1. The molecule has 8 heteroatoms. The average Bonchev–Trinajstić information content (AvgIpc) is 2.95. The number of benzene rings is 4. The van der Waals surface area contributed by atoms with Crippen molar-refractivity contribution in [2.75, 3.05) is 7.11 Å². The van der Waals surface area contributed by atoms with Gasteiger partial charge in [0.2, 0.25) is 5.43 Å². The number of aliphatic hydroxyl groups excluding tert-OH is 1. The smallest absolute Gasteiger partial charge is 0.331 e. The van der Waals surface area contributed by atoms with Gasteiger partial charge in [0.05, 0.1) is 29.1 Å². The van der Waals surface area contributed by atoms with Crippen LogP contribution in [0.25, 0.3) is 38.7 Å². The van der Waals surface area contributed by atoms with E-state index in [0.29, 0.717) is 38.9 Å². The number of pyridine rings is 1. The monoisotopic (exact) mass is 613 g/mol. The van der Waals surface area contributed by atoms with Crippen molar-refractivity contribution in [2.45, 2.75) is 31.7 Å². The lowest BCUT2D eigenvalue weighted by molar-refractivity contribution is -0.171. The van der Waals surface area contributed by atoms with Gasteiger partial charge in [0.1, 0.15) is 23.2 Å². The van der Waals surface area contributed by atoms with Crippen LogP contribution in [0.4, 0.5) is 0 Å². The molecule has 1 aromatic heterocycles. The molecule has 6 rings (SSSR count). The number of hydrogen-bond acceptors (Lipinski definition) is 6. The highest BCUT2D eigenvalue weighted by Crippen LogP contribution is 2.47. The maximum absolute atomic E-state index is 14.0. The van der Waals surface area contributed by atoms with Crippen LogP contribution in [-0.4, -0.2) is 34.5 Å². The second kappa shape index (κ2) is 10.0. The summed E-state index contributed by atoms with van der Waals surface area (Å²) < 4.78 is 20.6. The van der Waals surface area contributed by atoms with E-state index >= 15 is 0 Å². The van der Waals surface area contributed by atoms with E-state index < -0.39 is 23.8 Å². The third-order valence-electron chi connectivity index (χ3n) is 7.68. The molecule has 1 aliphatic rings. The van der Waals surface area contributed by atoms with Crippen molar-refractivity contribution in [3.8, 4) is 11.5 Å². The van der Waals surface area contributed by atoms with Gasteiger partial charge in [0.25, 0.3) is 0 Å². The molecule has 2 heterocycles.